The Kier molecular flexibility index (Phi) is 4.56. The van der Waals surface area contributed by atoms with Gasteiger partial charge in [0, 0.05) is 18.2 Å². The van der Waals surface area contributed by atoms with Crippen molar-refractivity contribution >= 4 is 11.3 Å². The van der Waals surface area contributed by atoms with Crippen LogP contribution in [0.2, 0.25) is 0 Å². The lowest BCUT2D eigenvalue weighted by Crippen LogP contribution is -2.18. The Balaban J connectivity index is 2.08. The molecule has 3 nitrogen and oxygen atoms in total. The Bertz CT molecular complexity index is 572. The van der Waals surface area contributed by atoms with Crippen LogP contribution in [0, 0.1) is 11.3 Å². The average molecular weight is 272 g/mol. The Hall–Kier alpha value is -1.83. The average Bonchev–Trinajstić information content (AvgIpc) is 2.98. The van der Waals surface area contributed by atoms with Gasteiger partial charge in [-0.25, -0.2) is 0 Å². The van der Waals surface area contributed by atoms with Crippen molar-refractivity contribution in [2.75, 3.05) is 7.11 Å². The Morgan fingerprint density at radius 1 is 1.42 bits per heavy atom. The van der Waals surface area contributed by atoms with E-state index in [9.17, 15) is 0 Å². The van der Waals surface area contributed by atoms with Crippen LogP contribution in [-0.2, 0) is 6.54 Å². The molecule has 1 aromatic carbocycles. The zero-order valence-corrected chi connectivity index (χ0v) is 11.8. The number of thiophene rings is 1. The van der Waals surface area contributed by atoms with Crippen LogP contribution in [0.4, 0.5) is 0 Å². The number of hydrogen-bond acceptors (Lipinski definition) is 4. The topological polar surface area (TPSA) is 45.0 Å². The summed E-state index contributed by atoms with van der Waals surface area (Å²) in [4.78, 5) is 0. The van der Waals surface area contributed by atoms with E-state index in [0.717, 1.165) is 11.3 Å². The maximum atomic E-state index is 8.94. The van der Waals surface area contributed by atoms with Gasteiger partial charge in [-0.3, -0.25) is 0 Å². The van der Waals surface area contributed by atoms with Crippen molar-refractivity contribution < 1.29 is 4.74 Å². The largest absolute Gasteiger partial charge is 0.496 e. The molecule has 1 N–H and O–H groups in total. The molecular formula is C15H16N2OS. The number of ether oxygens (including phenoxy) is 1. The highest BCUT2D eigenvalue weighted by atomic mass is 32.1. The molecule has 2 rings (SSSR count). The van der Waals surface area contributed by atoms with Gasteiger partial charge in [-0.05, 0) is 47.5 Å². The van der Waals surface area contributed by atoms with E-state index in [-0.39, 0.29) is 6.04 Å². The molecule has 0 aliphatic carbocycles. The molecule has 1 atom stereocenters. The Labute approximate surface area is 117 Å². The second kappa shape index (κ2) is 6.37. The number of nitrogens with zero attached hydrogens (tertiary/aromatic N) is 1. The summed E-state index contributed by atoms with van der Waals surface area (Å²) in [6.45, 7) is 2.80. The first-order chi connectivity index (χ1) is 9.24. The number of hydrogen-bond donors (Lipinski definition) is 1. The van der Waals surface area contributed by atoms with Gasteiger partial charge in [0.25, 0.3) is 0 Å². The summed E-state index contributed by atoms with van der Waals surface area (Å²) in [5, 5.41) is 16.6. The van der Waals surface area contributed by atoms with Gasteiger partial charge in [0.15, 0.2) is 0 Å². The van der Waals surface area contributed by atoms with Gasteiger partial charge in [-0.1, -0.05) is 0 Å². The molecule has 0 radical (unpaired) electrons. The summed E-state index contributed by atoms with van der Waals surface area (Å²) in [7, 11) is 1.65. The molecule has 4 heteroatoms. The van der Waals surface area contributed by atoms with Crippen molar-refractivity contribution in [1.29, 1.82) is 5.26 Å². The van der Waals surface area contributed by atoms with Gasteiger partial charge in [-0.15, -0.1) is 0 Å². The Morgan fingerprint density at radius 2 is 2.26 bits per heavy atom. The molecule has 19 heavy (non-hydrogen) atoms. The molecular weight excluding hydrogens is 256 g/mol. The zero-order valence-electron chi connectivity index (χ0n) is 11.0. The van der Waals surface area contributed by atoms with Crippen LogP contribution in [-0.4, -0.2) is 7.11 Å². The Morgan fingerprint density at radius 3 is 2.89 bits per heavy atom. The summed E-state index contributed by atoms with van der Waals surface area (Å²) < 4.78 is 5.32. The minimum absolute atomic E-state index is 0.279. The van der Waals surface area contributed by atoms with Crippen LogP contribution in [0.25, 0.3) is 0 Å². The maximum Gasteiger partial charge on any atom is 0.123 e. The number of rotatable bonds is 5. The summed E-state index contributed by atoms with van der Waals surface area (Å²) in [5.41, 5.74) is 2.94. The third-order valence-corrected chi connectivity index (χ3v) is 3.75. The maximum absolute atomic E-state index is 8.94. The molecule has 1 aromatic heterocycles. The zero-order chi connectivity index (χ0) is 13.7. The van der Waals surface area contributed by atoms with Gasteiger partial charge in [0.2, 0.25) is 0 Å². The van der Waals surface area contributed by atoms with E-state index in [2.05, 4.69) is 35.1 Å². The first kappa shape index (κ1) is 13.6. The predicted molar refractivity (Wildman–Crippen MR) is 77.3 cm³/mol. The van der Waals surface area contributed by atoms with E-state index in [1.807, 2.05) is 12.1 Å². The standard InChI is InChI=1S/C15H16N2OS/c1-11(13-5-6-19-10-13)17-9-14-7-12(8-16)3-4-15(14)18-2/h3-7,10-11,17H,9H2,1-2H3. The lowest BCUT2D eigenvalue weighted by atomic mass is 10.1. The fraction of sp³-hybridized carbons (Fsp3) is 0.267. The lowest BCUT2D eigenvalue weighted by molar-refractivity contribution is 0.406. The molecule has 1 heterocycles. The second-order valence-corrected chi connectivity index (χ2v) is 5.08. The quantitative estimate of drug-likeness (QED) is 0.906. The van der Waals surface area contributed by atoms with E-state index >= 15 is 0 Å². The van der Waals surface area contributed by atoms with E-state index in [4.69, 9.17) is 10.00 Å². The molecule has 0 bridgehead atoms. The summed E-state index contributed by atoms with van der Waals surface area (Å²) in [6, 6.07) is 10.0. The highest BCUT2D eigenvalue weighted by molar-refractivity contribution is 7.07. The van der Waals surface area contributed by atoms with E-state index in [1.165, 1.54) is 5.56 Å². The number of nitrogens with one attached hydrogen (secondary N) is 1. The van der Waals surface area contributed by atoms with E-state index in [0.29, 0.717) is 12.1 Å². The number of methoxy groups -OCH3 is 1. The van der Waals surface area contributed by atoms with E-state index < -0.39 is 0 Å². The van der Waals surface area contributed by atoms with Crippen molar-refractivity contribution in [2.24, 2.45) is 0 Å². The van der Waals surface area contributed by atoms with Gasteiger partial charge in [0.05, 0.1) is 18.7 Å². The van der Waals surface area contributed by atoms with Crippen molar-refractivity contribution in [3.05, 3.63) is 51.7 Å². The van der Waals surface area contributed by atoms with Gasteiger partial charge < -0.3 is 10.1 Å². The number of benzene rings is 1. The first-order valence-corrected chi connectivity index (χ1v) is 7.01. The fourth-order valence-electron chi connectivity index (χ4n) is 1.89. The lowest BCUT2D eigenvalue weighted by Gasteiger charge is -2.14. The van der Waals surface area contributed by atoms with Crippen LogP contribution in [0.3, 0.4) is 0 Å². The van der Waals surface area contributed by atoms with Crippen LogP contribution in [0.15, 0.2) is 35.0 Å². The molecule has 0 saturated heterocycles. The second-order valence-electron chi connectivity index (χ2n) is 4.30. The van der Waals surface area contributed by atoms with Crippen LogP contribution in [0.5, 0.6) is 5.75 Å². The molecule has 98 valence electrons. The van der Waals surface area contributed by atoms with Crippen LogP contribution < -0.4 is 10.1 Å². The van der Waals surface area contributed by atoms with Crippen molar-refractivity contribution in [1.82, 2.24) is 5.32 Å². The molecule has 2 aromatic rings. The normalized spacial score (nSPS) is 11.8. The van der Waals surface area contributed by atoms with Crippen molar-refractivity contribution in [3.8, 4) is 11.8 Å². The smallest absolute Gasteiger partial charge is 0.123 e. The molecule has 1 unspecified atom stereocenters. The third-order valence-electron chi connectivity index (χ3n) is 3.05. The molecule has 0 saturated carbocycles. The summed E-state index contributed by atoms with van der Waals surface area (Å²) in [5.74, 6) is 0.809. The monoisotopic (exact) mass is 272 g/mol. The first-order valence-electron chi connectivity index (χ1n) is 6.07. The summed E-state index contributed by atoms with van der Waals surface area (Å²) >= 11 is 1.70. The minimum atomic E-state index is 0.279. The highest BCUT2D eigenvalue weighted by Gasteiger charge is 2.08. The van der Waals surface area contributed by atoms with Gasteiger partial charge in [-0.2, -0.15) is 16.6 Å². The molecule has 0 amide bonds. The van der Waals surface area contributed by atoms with Crippen LogP contribution in [0.1, 0.15) is 29.7 Å². The van der Waals surface area contributed by atoms with Crippen LogP contribution >= 0.6 is 11.3 Å². The van der Waals surface area contributed by atoms with Gasteiger partial charge >= 0.3 is 0 Å². The molecule has 0 aliphatic heterocycles. The van der Waals surface area contributed by atoms with Crippen molar-refractivity contribution in [3.63, 3.8) is 0 Å². The molecule has 0 spiro atoms. The minimum Gasteiger partial charge on any atom is -0.496 e. The molecule has 0 aliphatic rings. The third kappa shape index (κ3) is 3.34. The fourth-order valence-corrected chi connectivity index (χ4v) is 2.64. The SMILES string of the molecule is COc1ccc(C#N)cc1CNC(C)c1ccsc1. The van der Waals surface area contributed by atoms with Crippen molar-refractivity contribution in [2.45, 2.75) is 19.5 Å². The summed E-state index contributed by atoms with van der Waals surface area (Å²) in [6.07, 6.45) is 0. The highest BCUT2D eigenvalue weighted by Crippen LogP contribution is 2.21. The predicted octanol–water partition coefficient (Wildman–Crippen LogP) is 3.48. The number of nitriles is 1. The van der Waals surface area contributed by atoms with Gasteiger partial charge in [0.1, 0.15) is 5.75 Å². The van der Waals surface area contributed by atoms with E-state index in [1.54, 1.807) is 24.5 Å². The molecule has 0 fully saturated rings.